The molecule has 152 valence electrons. The van der Waals surface area contributed by atoms with Gasteiger partial charge in [-0.2, -0.15) is 0 Å². The van der Waals surface area contributed by atoms with Crippen molar-refractivity contribution in [2.75, 3.05) is 50.2 Å². The first-order valence-electron chi connectivity index (χ1n) is 9.40. The number of carbonyl (C=O) groups excluding carboxylic acids is 2. The Morgan fingerprint density at radius 3 is 2.62 bits per heavy atom. The molecule has 0 saturated carbocycles. The summed E-state index contributed by atoms with van der Waals surface area (Å²) in [6.45, 7) is 2.82. The molecule has 0 aromatic heterocycles. The van der Waals surface area contributed by atoms with Crippen LogP contribution in [0, 0.1) is 0 Å². The van der Waals surface area contributed by atoms with Crippen LogP contribution in [0.1, 0.15) is 10.4 Å². The summed E-state index contributed by atoms with van der Waals surface area (Å²) in [5, 5.41) is 2.77. The Labute approximate surface area is 168 Å². The van der Waals surface area contributed by atoms with Gasteiger partial charge in [-0.05, 0) is 30.3 Å². The molecule has 1 amide bonds. The Kier molecular flexibility index (Phi) is 5.53. The van der Waals surface area contributed by atoms with Crippen molar-refractivity contribution in [2.45, 2.75) is 6.10 Å². The Bertz CT molecular complexity index is 910. The van der Waals surface area contributed by atoms with Gasteiger partial charge in [0.15, 0.2) is 11.5 Å². The molecule has 2 aliphatic heterocycles. The molecule has 8 nitrogen and oxygen atoms in total. The fourth-order valence-electron chi connectivity index (χ4n) is 3.30. The van der Waals surface area contributed by atoms with Gasteiger partial charge in [0.2, 0.25) is 6.10 Å². The lowest BCUT2D eigenvalue weighted by Gasteiger charge is -2.29. The third-order valence-electron chi connectivity index (χ3n) is 4.84. The van der Waals surface area contributed by atoms with E-state index in [1.807, 2.05) is 18.2 Å². The van der Waals surface area contributed by atoms with Crippen LogP contribution in [0.2, 0.25) is 0 Å². The highest BCUT2D eigenvalue weighted by molar-refractivity contribution is 6.03. The maximum atomic E-state index is 12.7. The topological polar surface area (TPSA) is 86.3 Å². The van der Waals surface area contributed by atoms with Gasteiger partial charge in [-0.25, -0.2) is 4.79 Å². The first-order valence-corrected chi connectivity index (χ1v) is 9.40. The molecular weight excluding hydrogens is 376 g/mol. The largest absolute Gasteiger partial charge is 0.485 e. The van der Waals surface area contributed by atoms with E-state index in [9.17, 15) is 9.59 Å². The lowest BCUT2D eigenvalue weighted by Crippen LogP contribution is -2.40. The van der Waals surface area contributed by atoms with E-state index in [0.717, 1.165) is 18.8 Å². The number of benzene rings is 2. The van der Waals surface area contributed by atoms with Gasteiger partial charge in [-0.15, -0.1) is 0 Å². The van der Waals surface area contributed by atoms with Gasteiger partial charge in [0.05, 0.1) is 31.6 Å². The van der Waals surface area contributed by atoms with Crippen LogP contribution in [0.15, 0.2) is 42.5 Å². The molecule has 1 unspecified atom stereocenters. The SMILES string of the molecule is COC(=O)c1cc(N2CCOCC2)ccc1NC(=O)C1COc2ccccc2O1. The third kappa shape index (κ3) is 4.12. The third-order valence-corrected chi connectivity index (χ3v) is 4.84. The van der Waals surface area contributed by atoms with Gasteiger partial charge < -0.3 is 29.2 Å². The highest BCUT2D eigenvalue weighted by Gasteiger charge is 2.28. The van der Waals surface area contributed by atoms with E-state index in [-0.39, 0.29) is 12.2 Å². The summed E-state index contributed by atoms with van der Waals surface area (Å²) in [5.41, 5.74) is 1.51. The summed E-state index contributed by atoms with van der Waals surface area (Å²) >= 11 is 0. The number of hydrogen-bond donors (Lipinski definition) is 1. The van der Waals surface area contributed by atoms with Crippen LogP contribution < -0.4 is 19.7 Å². The van der Waals surface area contributed by atoms with Crippen LogP contribution in [0.5, 0.6) is 11.5 Å². The van der Waals surface area contributed by atoms with Crippen molar-refractivity contribution in [1.29, 1.82) is 0 Å². The minimum absolute atomic E-state index is 0.0856. The van der Waals surface area contributed by atoms with Gasteiger partial charge in [0.25, 0.3) is 5.91 Å². The molecule has 0 bridgehead atoms. The predicted octanol–water partition coefficient (Wildman–Crippen LogP) is 2.09. The number of nitrogens with zero attached hydrogens (tertiary/aromatic N) is 1. The zero-order valence-corrected chi connectivity index (χ0v) is 16.1. The van der Waals surface area contributed by atoms with Crippen molar-refractivity contribution in [3.05, 3.63) is 48.0 Å². The van der Waals surface area contributed by atoms with E-state index < -0.39 is 18.0 Å². The van der Waals surface area contributed by atoms with Gasteiger partial charge in [0, 0.05) is 18.8 Å². The molecule has 2 aromatic rings. The van der Waals surface area contributed by atoms with Crippen LogP contribution in [0.25, 0.3) is 0 Å². The molecule has 0 radical (unpaired) electrons. The number of amides is 1. The molecule has 8 heteroatoms. The lowest BCUT2D eigenvalue weighted by atomic mass is 10.1. The minimum atomic E-state index is -0.825. The van der Waals surface area contributed by atoms with Crippen molar-refractivity contribution in [1.82, 2.24) is 0 Å². The molecule has 2 aliphatic rings. The summed E-state index contributed by atoms with van der Waals surface area (Å²) in [5.74, 6) is 0.182. The summed E-state index contributed by atoms with van der Waals surface area (Å²) < 4.78 is 21.6. The number of nitrogens with one attached hydrogen (secondary N) is 1. The van der Waals surface area contributed by atoms with E-state index in [1.54, 1.807) is 24.3 Å². The van der Waals surface area contributed by atoms with Gasteiger partial charge >= 0.3 is 5.97 Å². The lowest BCUT2D eigenvalue weighted by molar-refractivity contribution is -0.125. The number of para-hydroxylation sites is 2. The van der Waals surface area contributed by atoms with Crippen molar-refractivity contribution in [3.8, 4) is 11.5 Å². The molecule has 2 heterocycles. The predicted molar refractivity (Wildman–Crippen MR) is 106 cm³/mol. The summed E-state index contributed by atoms with van der Waals surface area (Å²) in [6.07, 6.45) is -0.825. The molecule has 1 N–H and O–H groups in total. The van der Waals surface area contributed by atoms with E-state index in [0.29, 0.717) is 30.4 Å². The smallest absolute Gasteiger partial charge is 0.340 e. The minimum Gasteiger partial charge on any atom is -0.485 e. The van der Waals surface area contributed by atoms with E-state index in [4.69, 9.17) is 18.9 Å². The number of ether oxygens (including phenoxy) is 4. The molecule has 1 saturated heterocycles. The number of morpholine rings is 1. The number of hydrogen-bond acceptors (Lipinski definition) is 7. The molecule has 0 spiro atoms. The van der Waals surface area contributed by atoms with Gasteiger partial charge in [-0.3, -0.25) is 4.79 Å². The second-order valence-electron chi connectivity index (χ2n) is 6.67. The van der Waals surface area contributed by atoms with Crippen LogP contribution in [-0.2, 0) is 14.3 Å². The summed E-state index contributed by atoms with van der Waals surface area (Å²) in [7, 11) is 1.31. The number of fused-ring (bicyclic) bond motifs is 1. The highest BCUT2D eigenvalue weighted by atomic mass is 16.6. The number of esters is 1. The van der Waals surface area contributed by atoms with Crippen molar-refractivity contribution < 1.29 is 28.5 Å². The maximum absolute atomic E-state index is 12.7. The second kappa shape index (κ2) is 8.40. The fourth-order valence-corrected chi connectivity index (χ4v) is 3.30. The average Bonchev–Trinajstić information content (AvgIpc) is 2.79. The Morgan fingerprint density at radius 1 is 1.10 bits per heavy atom. The normalized spacial score (nSPS) is 18.1. The van der Waals surface area contributed by atoms with Gasteiger partial charge in [0.1, 0.15) is 6.61 Å². The van der Waals surface area contributed by atoms with Crippen molar-refractivity contribution in [3.63, 3.8) is 0 Å². The van der Waals surface area contributed by atoms with Crippen LogP contribution >= 0.6 is 0 Å². The van der Waals surface area contributed by atoms with Crippen LogP contribution in [-0.4, -0.2) is 58.0 Å². The maximum Gasteiger partial charge on any atom is 0.340 e. The molecule has 1 atom stereocenters. The standard InChI is InChI=1S/C21H22N2O6/c1-26-21(25)15-12-14(23-8-10-27-11-9-23)6-7-16(15)22-20(24)19-13-28-17-4-2-3-5-18(17)29-19/h2-7,12,19H,8-11,13H2,1H3,(H,22,24). The first kappa shape index (κ1) is 19.1. The molecular formula is C21H22N2O6. The molecule has 29 heavy (non-hydrogen) atoms. The molecule has 4 rings (SSSR count). The van der Waals surface area contributed by atoms with Gasteiger partial charge in [-0.1, -0.05) is 12.1 Å². The number of rotatable bonds is 4. The molecule has 0 aliphatic carbocycles. The first-order chi connectivity index (χ1) is 14.2. The highest BCUT2D eigenvalue weighted by Crippen LogP contribution is 2.31. The summed E-state index contributed by atoms with van der Waals surface area (Å²) in [4.78, 5) is 27.2. The fraction of sp³-hybridized carbons (Fsp3) is 0.333. The number of anilines is 2. The van der Waals surface area contributed by atoms with Crippen molar-refractivity contribution >= 4 is 23.3 Å². The Morgan fingerprint density at radius 2 is 1.86 bits per heavy atom. The van der Waals surface area contributed by atoms with E-state index >= 15 is 0 Å². The Hall–Kier alpha value is -3.26. The second-order valence-corrected chi connectivity index (χ2v) is 6.67. The Balaban J connectivity index is 1.53. The summed E-state index contributed by atoms with van der Waals surface area (Å²) in [6, 6.07) is 12.5. The van der Waals surface area contributed by atoms with E-state index in [2.05, 4.69) is 10.2 Å². The zero-order valence-electron chi connectivity index (χ0n) is 16.1. The monoisotopic (exact) mass is 398 g/mol. The quantitative estimate of drug-likeness (QED) is 0.789. The van der Waals surface area contributed by atoms with Crippen molar-refractivity contribution in [2.24, 2.45) is 0 Å². The van der Waals surface area contributed by atoms with Crippen LogP contribution in [0.4, 0.5) is 11.4 Å². The zero-order chi connectivity index (χ0) is 20.2. The number of carbonyl (C=O) groups is 2. The van der Waals surface area contributed by atoms with Crippen LogP contribution in [0.3, 0.4) is 0 Å². The average molecular weight is 398 g/mol. The molecule has 1 fully saturated rings. The molecule has 2 aromatic carbocycles. The number of methoxy groups -OCH3 is 1. The van der Waals surface area contributed by atoms with E-state index in [1.165, 1.54) is 7.11 Å².